The van der Waals surface area contributed by atoms with Crippen molar-refractivity contribution in [3.63, 3.8) is 0 Å². The molecule has 0 aromatic carbocycles. The Bertz CT molecular complexity index is 223. The summed E-state index contributed by atoms with van der Waals surface area (Å²) in [7, 11) is 2.31. The van der Waals surface area contributed by atoms with Gasteiger partial charge < -0.3 is 5.73 Å². The zero-order valence-corrected chi connectivity index (χ0v) is 10.5. The summed E-state index contributed by atoms with van der Waals surface area (Å²) in [5, 5.41) is 0. The Labute approximate surface area is 94.2 Å². The normalized spacial score (nSPS) is 35.8. The molecule has 0 aromatic heterocycles. The molecule has 0 heterocycles. The minimum Gasteiger partial charge on any atom is -0.330 e. The second-order valence-corrected chi connectivity index (χ2v) is 5.99. The second-order valence-electron chi connectivity index (χ2n) is 5.99. The van der Waals surface area contributed by atoms with E-state index < -0.39 is 0 Å². The van der Waals surface area contributed by atoms with E-state index in [9.17, 15) is 0 Å². The molecule has 2 N–H and O–H groups in total. The molecule has 0 amide bonds. The van der Waals surface area contributed by atoms with Gasteiger partial charge in [-0.15, -0.1) is 0 Å². The number of rotatable bonds is 4. The molecule has 3 atom stereocenters. The average Bonchev–Trinajstić information content (AvgIpc) is 2.83. The first-order chi connectivity index (χ1) is 7.08. The second kappa shape index (κ2) is 4.06. The summed E-state index contributed by atoms with van der Waals surface area (Å²) in [6.45, 7) is 5.71. The number of hydrogen-bond donors (Lipinski definition) is 1. The molecule has 0 bridgehead atoms. The molecule has 0 saturated heterocycles. The first-order valence-corrected chi connectivity index (χ1v) is 6.50. The van der Waals surface area contributed by atoms with Crippen LogP contribution in [0.15, 0.2) is 0 Å². The van der Waals surface area contributed by atoms with Crippen molar-refractivity contribution in [2.75, 3.05) is 13.6 Å². The maximum atomic E-state index is 5.86. The van der Waals surface area contributed by atoms with Gasteiger partial charge in [0.05, 0.1) is 0 Å². The largest absolute Gasteiger partial charge is 0.330 e. The third-order valence-corrected chi connectivity index (χ3v) is 5.10. The predicted molar refractivity (Wildman–Crippen MR) is 64.7 cm³/mol. The molecule has 2 aliphatic carbocycles. The van der Waals surface area contributed by atoms with Crippen molar-refractivity contribution in [2.24, 2.45) is 17.1 Å². The van der Waals surface area contributed by atoms with Crippen LogP contribution in [-0.4, -0.2) is 30.6 Å². The van der Waals surface area contributed by atoms with E-state index in [0.717, 1.165) is 24.5 Å². The van der Waals surface area contributed by atoms with Crippen molar-refractivity contribution in [1.29, 1.82) is 0 Å². The summed E-state index contributed by atoms with van der Waals surface area (Å²) in [5.41, 5.74) is 6.47. The van der Waals surface area contributed by atoms with Gasteiger partial charge in [0.15, 0.2) is 0 Å². The molecule has 2 aliphatic rings. The van der Waals surface area contributed by atoms with E-state index >= 15 is 0 Å². The number of nitrogens with two attached hydrogens (primary N) is 1. The van der Waals surface area contributed by atoms with Crippen molar-refractivity contribution in [2.45, 2.75) is 58.0 Å². The van der Waals surface area contributed by atoms with Crippen LogP contribution in [0.5, 0.6) is 0 Å². The lowest BCUT2D eigenvalue weighted by molar-refractivity contribution is 0.108. The van der Waals surface area contributed by atoms with E-state index in [0.29, 0.717) is 5.41 Å². The highest BCUT2D eigenvalue weighted by molar-refractivity contribution is 4.99. The first-order valence-electron chi connectivity index (χ1n) is 6.50. The van der Waals surface area contributed by atoms with E-state index in [4.69, 9.17) is 5.73 Å². The maximum Gasteiger partial charge on any atom is 0.0136 e. The topological polar surface area (TPSA) is 29.3 Å². The van der Waals surface area contributed by atoms with Crippen LogP contribution in [0.25, 0.3) is 0 Å². The summed E-state index contributed by atoms with van der Waals surface area (Å²) in [6, 6.07) is 1.48. The Balaban J connectivity index is 1.97. The van der Waals surface area contributed by atoms with E-state index in [1.54, 1.807) is 0 Å². The SMILES string of the molecule is CC(N(C)C1CCCC1CN)C1(C)CC1. The van der Waals surface area contributed by atoms with E-state index in [-0.39, 0.29) is 0 Å². The minimum absolute atomic E-state index is 0.608. The monoisotopic (exact) mass is 210 g/mol. The van der Waals surface area contributed by atoms with Gasteiger partial charge in [0, 0.05) is 12.1 Å². The van der Waals surface area contributed by atoms with Crippen LogP contribution in [0.2, 0.25) is 0 Å². The van der Waals surface area contributed by atoms with Gasteiger partial charge in [-0.05, 0) is 57.5 Å². The fraction of sp³-hybridized carbons (Fsp3) is 1.00. The fourth-order valence-corrected chi connectivity index (χ4v) is 3.22. The zero-order chi connectivity index (χ0) is 11.1. The smallest absolute Gasteiger partial charge is 0.0136 e. The summed E-state index contributed by atoms with van der Waals surface area (Å²) >= 11 is 0. The van der Waals surface area contributed by atoms with E-state index in [1.807, 2.05) is 0 Å². The molecular weight excluding hydrogens is 184 g/mol. The fourth-order valence-electron chi connectivity index (χ4n) is 3.22. The highest BCUT2D eigenvalue weighted by Crippen LogP contribution is 2.50. The summed E-state index contributed by atoms with van der Waals surface area (Å²) in [4.78, 5) is 2.62. The Hall–Kier alpha value is -0.0800. The molecule has 0 radical (unpaired) electrons. The molecule has 2 saturated carbocycles. The third kappa shape index (κ3) is 2.07. The van der Waals surface area contributed by atoms with E-state index in [2.05, 4.69) is 25.8 Å². The van der Waals surface area contributed by atoms with Gasteiger partial charge in [-0.1, -0.05) is 13.3 Å². The molecule has 0 spiro atoms. The van der Waals surface area contributed by atoms with Crippen LogP contribution in [0.4, 0.5) is 0 Å². The molecule has 0 aliphatic heterocycles. The van der Waals surface area contributed by atoms with Crippen LogP contribution >= 0.6 is 0 Å². The molecule has 2 rings (SSSR count). The molecule has 2 nitrogen and oxygen atoms in total. The van der Waals surface area contributed by atoms with Crippen molar-refractivity contribution in [1.82, 2.24) is 4.90 Å². The molecule has 15 heavy (non-hydrogen) atoms. The van der Waals surface area contributed by atoms with Crippen LogP contribution in [0, 0.1) is 11.3 Å². The van der Waals surface area contributed by atoms with Gasteiger partial charge in [-0.2, -0.15) is 0 Å². The Morgan fingerprint density at radius 1 is 1.40 bits per heavy atom. The van der Waals surface area contributed by atoms with Crippen LogP contribution in [-0.2, 0) is 0 Å². The van der Waals surface area contributed by atoms with Gasteiger partial charge in [-0.3, -0.25) is 4.90 Å². The molecule has 88 valence electrons. The van der Waals surface area contributed by atoms with Crippen LogP contribution in [0.1, 0.15) is 46.0 Å². The Morgan fingerprint density at radius 2 is 2.07 bits per heavy atom. The molecule has 2 heteroatoms. The van der Waals surface area contributed by atoms with Crippen molar-refractivity contribution in [3.05, 3.63) is 0 Å². The van der Waals surface area contributed by atoms with Gasteiger partial charge in [0.25, 0.3) is 0 Å². The quantitative estimate of drug-likeness (QED) is 0.771. The van der Waals surface area contributed by atoms with Crippen LogP contribution in [0.3, 0.4) is 0 Å². The van der Waals surface area contributed by atoms with Crippen LogP contribution < -0.4 is 5.73 Å². The van der Waals surface area contributed by atoms with Crippen molar-refractivity contribution in [3.8, 4) is 0 Å². The van der Waals surface area contributed by atoms with Gasteiger partial charge >= 0.3 is 0 Å². The zero-order valence-electron chi connectivity index (χ0n) is 10.5. The molecular formula is C13H26N2. The van der Waals surface area contributed by atoms with Gasteiger partial charge in [0.2, 0.25) is 0 Å². The summed E-state index contributed by atoms with van der Waals surface area (Å²) in [5.74, 6) is 0.750. The Morgan fingerprint density at radius 3 is 2.60 bits per heavy atom. The van der Waals surface area contributed by atoms with Gasteiger partial charge in [0.1, 0.15) is 0 Å². The first kappa shape index (κ1) is 11.4. The molecule has 2 fully saturated rings. The number of hydrogen-bond acceptors (Lipinski definition) is 2. The standard InChI is InChI=1S/C13H26N2/c1-10(13(2)7-8-13)15(3)12-6-4-5-11(12)9-14/h10-12H,4-9,14H2,1-3H3. The Kier molecular flexibility index (Phi) is 3.09. The molecule has 3 unspecified atom stereocenters. The third-order valence-electron chi connectivity index (χ3n) is 5.10. The highest BCUT2D eigenvalue weighted by Gasteiger charge is 2.46. The number of nitrogens with zero attached hydrogens (tertiary/aromatic N) is 1. The average molecular weight is 210 g/mol. The lowest BCUT2D eigenvalue weighted by Gasteiger charge is -2.37. The van der Waals surface area contributed by atoms with Crippen molar-refractivity contribution >= 4 is 0 Å². The molecule has 0 aromatic rings. The maximum absolute atomic E-state index is 5.86. The summed E-state index contributed by atoms with van der Waals surface area (Å²) < 4.78 is 0. The van der Waals surface area contributed by atoms with E-state index in [1.165, 1.54) is 32.1 Å². The highest BCUT2D eigenvalue weighted by atomic mass is 15.2. The lowest BCUT2D eigenvalue weighted by atomic mass is 9.94. The van der Waals surface area contributed by atoms with Crippen molar-refractivity contribution < 1.29 is 0 Å². The predicted octanol–water partition coefficient (Wildman–Crippen LogP) is 2.23. The summed E-state index contributed by atoms with van der Waals surface area (Å²) in [6.07, 6.45) is 6.91. The van der Waals surface area contributed by atoms with Gasteiger partial charge in [-0.25, -0.2) is 0 Å². The minimum atomic E-state index is 0.608. The lowest BCUT2D eigenvalue weighted by Crippen LogP contribution is -2.45.